The van der Waals surface area contributed by atoms with E-state index in [9.17, 15) is 0 Å². The Labute approximate surface area is 82.5 Å². The van der Waals surface area contributed by atoms with Gasteiger partial charge < -0.3 is 0 Å². The van der Waals surface area contributed by atoms with Gasteiger partial charge in [0.1, 0.15) is 0 Å². The van der Waals surface area contributed by atoms with Crippen LogP contribution < -0.4 is 0 Å². The summed E-state index contributed by atoms with van der Waals surface area (Å²) >= 11 is 11.9. The zero-order valence-electron chi connectivity index (χ0n) is 6.56. The lowest BCUT2D eigenvalue weighted by atomic mass is 10.1. The van der Waals surface area contributed by atoms with Gasteiger partial charge in [0.25, 0.3) is 0 Å². The van der Waals surface area contributed by atoms with E-state index in [4.69, 9.17) is 23.2 Å². The molecule has 12 heavy (non-hydrogen) atoms. The lowest BCUT2D eigenvalue weighted by molar-refractivity contribution is 1.12. The highest BCUT2D eigenvalue weighted by atomic mass is 35.5. The largest absolute Gasteiger partial charge is 0.122 e. The van der Waals surface area contributed by atoms with Crippen molar-refractivity contribution >= 4 is 23.2 Å². The van der Waals surface area contributed by atoms with Crippen molar-refractivity contribution in [3.8, 4) is 0 Å². The molecule has 2 heteroatoms. The molecule has 1 fully saturated rings. The van der Waals surface area contributed by atoms with E-state index in [1.54, 1.807) is 0 Å². The van der Waals surface area contributed by atoms with Gasteiger partial charge in [0.05, 0.1) is 0 Å². The van der Waals surface area contributed by atoms with E-state index in [0.29, 0.717) is 5.38 Å². The quantitative estimate of drug-likeness (QED) is 0.641. The summed E-state index contributed by atoms with van der Waals surface area (Å²) in [6.07, 6.45) is 2.01. The van der Waals surface area contributed by atoms with Crippen LogP contribution in [0.3, 0.4) is 0 Å². The molecule has 1 unspecified atom stereocenters. The van der Waals surface area contributed by atoms with Crippen LogP contribution in [0.2, 0.25) is 5.02 Å². The highest BCUT2D eigenvalue weighted by molar-refractivity contribution is 6.31. The van der Waals surface area contributed by atoms with Gasteiger partial charge in [-0.15, -0.1) is 11.6 Å². The molecule has 1 aliphatic carbocycles. The standard InChI is InChI=1S/C10H9Cl2/c11-9-4-2-1-3-7(9)5-8-6-10(8)12/h1-4,10H,5-6H2. The molecular weight excluding hydrogens is 191 g/mol. The smallest absolute Gasteiger partial charge is 0.0438 e. The molecule has 1 aromatic rings. The third kappa shape index (κ3) is 1.75. The maximum Gasteiger partial charge on any atom is 0.0438 e. The van der Waals surface area contributed by atoms with E-state index < -0.39 is 0 Å². The van der Waals surface area contributed by atoms with Gasteiger partial charge in [-0.05, 0) is 30.4 Å². The Morgan fingerprint density at radius 2 is 2.00 bits per heavy atom. The van der Waals surface area contributed by atoms with Crippen molar-refractivity contribution in [2.45, 2.75) is 18.2 Å². The van der Waals surface area contributed by atoms with Gasteiger partial charge in [-0.25, -0.2) is 0 Å². The van der Waals surface area contributed by atoms with Crippen LogP contribution in [0, 0.1) is 5.92 Å². The number of halogens is 2. The third-order valence-corrected chi connectivity index (χ3v) is 2.93. The first kappa shape index (κ1) is 8.40. The Morgan fingerprint density at radius 1 is 1.33 bits per heavy atom. The number of alkyl halides is 1. The zero-order valence-corrected chi connectivity index (χ0v) is 8.07. The van der Waals surface area contributed by atoms with Gasteiger partial charge in [0, 0.05) is 10.4 Å². The molecule has 0 nitrogen and oxygen atoms in total. The van der Waals surface area contributed by atoms with Crippen LogP contribution in [-0.4, -0.2) is 5.38 Å². The summed E-state index contributed by atoms with van der Waals surface area (Å²) in [7, 11) is 0. The summed E-state index contributed by atoms with van der Waals surface area (Å²) in [4.78, 5) is 0. The van der Waals surface area contributed by atoms with Crippen molar-refractivity contribution < 1.29 is 0 Å². The summed E-state index contributed by atoms with van der Waals surface area (Å²) in [5.74, 6) is 1.41. The van der Waals surface area contributed by atoms with E-state index in [2.05, 4.69) is 6.07 Å². The Bertz CT molecular complexity index is 283. The fourth-order valence-corrected chi connectivity index (χ4v) is 1.72. The lowest BCUT2D eigenvalue weighted by Crippen LogP contribution is -1.88. The van der Waals surface area contributed by atoms with Gasteiger partial charge in [-0.3, -0.25) is 0 Å². The minimum absolute atomic E-state index is 0.307. The van der Waals surface area contributed by atoms with Crippen LogP contribution in [0.15, 0.2) is 24.3 Å². The molecule has 0 bridgehead atoms. The lowest BCUT2D eigenvalue weighted by Gasteiger charge is -2.00. The number of hydrogen-bond acceptors (Lipinski definition) is 0. The first-order valence-corrected chi connectivity index (χ1v) is 4.81. The highest BCUT2D eigenvalue weighted by Gasteiger charge is 2.35. The van der Waals surface area contributed by atoms with Crippen molar-refractivity contribution in [2.24, 2.45) is 0 Å². The van der Waals surface area contributed by atoms with Gasteiger partial charge in [0.15, 0.2) is 0 Å². The van der Waals surface area contributed by atoms with E-state index in [1.165, 1.54) is 11.5 Å². The molecule has 1 atom stereocenters. The molecule has 1 saturated carbocycles. The molecule has 0 amide bonds. The molecule has 1 aromatic carbocycles. The second-order valence-electron chi connectivity index (χ2n) is 3.10. The van der Waals surface area contributed by atoms with Crippen LogP contribution in [0.5, 0.6) is 0 Å². The predicted molar refractivity (Wildman–Crippen MR) is 52.7 cm³/mol. The summed E-state index contributed by atoms with van der Waals surface area (Å²) in [5.41, 5.74) is 1.19. The number of hydrogen-bond donors (Lipinski definition) is 0. The van der Waals surface area contributed by atoms with E-state index in [1.807, 2.05) is 18.2 Å². The second kappa shape index (κ2) is 3.27. The molecule has 1 radical (unpaired) electrons. The van der Waals surface area contributed by atoms with E-state index in [0.717, 1.165) is 17.9 Å². The van der Waals surface area contributed by atoms with Crippen LogP contribution in [0.1, 0.15) is 12.0 Å². The average Bonchev–Trinajstić information content (AvgIpc) is 2.72. The summed E-state index contributed by atoms with van der Waals surface area (Å²) < 4.78 is 0. The molecule has 0 aromatic heterocycles. The highest BCUT2D eigenvalue weighted by Crippen LogP contribution is 2.41. The van der Waals surface area contributed by atoms with Crippen LogP contribution >= 0.6 is 23.2 Å². The monoisotopic (exact) mass is 199 g/mol. The summed E-state index contributed by atoms with van der Waals surface area (Å²) in [6.45, 7) is 0. The fraction of sp³-hybridized carbons (Fsp3) is 0.300. The van der Waals surface area contributed by atoms with E-state index >= 15 is 0 Å². The SMILES string of the molecule is Clc1ccccc1C[C]1CC1Cl. The Balaban J connectivity index is 2.08. The Kier molecular flexibility index (Phi) is 2.29. The van der Waals surface area contributed by atoms with Crippen LogP contribution in [0.25, 0.3) is 0 Å². The van der Waals surface area contributed by atoms with E-state index in [-0.39, 0.29) is 0 Å². The first-order chi connectivity index (χ1) is 5.77. The molecule has 2 rings (SSSR count). The average molecular weight is 200 g/mol. The van der Waals surface area contributed by atoms with Crippen molar-refractivity contribution in [3.63, 3.8) is 0 Å². The number of rotatable bonds is 2. The second-order valence-corrected chi connectivity index (χ2v) is 4.03. The Hall–Kier alpha value is -0.200. The molecule has 0 heterocycles. The van der Waals surface area contributed by atoms with Crippen LogP contribution in [-0.2, 0) is 6.42 Å². The van der Waals surface area contributed by atoms with Gasteiger partial charge in [-0.2, -0.15) is 0 Å². The molecular formula is C10H9Cl2. The summed E-state index contributed by atoms with van der Waals surface area (Å²) in [5, 5.41) is 1.15. The normalized spacial score (nSPS) is 22.7. The third-order valence-electron chi connectivity index (χ3n) is 2.10. The van der Waals surface area contributed by atoms with Crippen LogP contribution in [0.4, 0.5) is 0 Å². The summed E-state index contributed by atoms with van der Waals surface area (Å²) in [6, 6.07) is 7.93. The zero-order chi connectivity index (χ0) is 8.55. The minimum Gasteiger partial charge on any atom is -0.122 e. The maximum atomic E-state index is 5.99. The molecule has 0 N–H and O–H groups in total. The Morgan fingerprint density at radius 3 is 2.58 bits per heavy atom. The number of benzene rings is 1. The molecule has 0 saturated heterocycles. The minimum atomic E-state index is 0.307. The van der Waals surface area contributed by atoms with Crippen molar-refractivity contribution in [3.05, 3.63) is 40.8 Å². The van der Waals surface area contributed by atoms with Crippen molar-refractivity contribution in [1.82, 2.24) is 0 Å². The maximum absolute atomic E-state index is 5.99. The molecule has 1 aliphatic rings. The first-order valence-electron chi connectivity index (χ1n) is 3.99. The van der Waals surface area contributed by atoms with Crippen molar-refractivity contribution in [2.75, 3.05) is 0 Å². The van der Waals surface area contributed by atoms with Gasteiger partial charge in [-0.1, -0.05) is 29.8 Å². The fourth-order valence-electron chi connectivity index (χ4n) is 1.24. The molecule has 0 spiro atoms. The van der Waals surface area contributed by atoms with Gasteiger partial charge in [0.2, 0.25) is 0 Å². The topological polar surface area (TPSA) is 0 Å². The van der Waals surface area contributed by atoms with Gasteiger partial charge >= 0.3 is 0 Å². The van der Waals surface area contributed by atoms with Crippen molar-refractivity contribution in [1.29, 1.82) is 0 Å². The molecule has 0 aliphatic heterocycles. The predicted octanol–water partition coefficient (Wildman–Crippen LogP) is 3.47. The molecule has 63 valence electrons.